The number of rotatable bonds is 4. The molecule has 0 amide bonds. The number of aryl methyl sites for hydroxylation is 1. The van der Waals surface area contributed by atoms with Crippen molar-refractivity contribution in [3.05, 3.63) is 64.1 Å². The molecule has 0 saturated carbocycles. The minimum atomic E-state index is -0.518. The van der Waals surface area contributed by atoms with E-state index in [1.807, 2.05) is 13.0 Å². The van der Waals surface area contributed by atoms with Gasteiger partial charge in [0.1, 0.15) is 23.1 Å². The molecule has 1 N–H and O–H groups in total. The molecule has 4 atom stereocenters. The molecule has 2 saturated heterocycles. The number of benzene rings is 2. The van der Waals surface area contributed by atoms with Gasteiger partial charge in [0.25, 0.3) is 0 Å². The molecule has 3 aliphatic rings. The van der Waals surface area contributed by atoms with Crippen LogP contribution in [-0.4, -0.2) is 23.1 Å². The topological polar surface area (TPSA) is 55.8 Å². The summed E-state index contributed by atoms with van der Waals surface area (Å²) < 4.78 is 25.1. The summed E-state index contributed by atoms with van der Waals surface area (Å²) in [5, 5.41) is 10.9. The number of fused-ring (bicyclic) bond motifs is 5. The molecule has 0 radical (unpaired) electrons. The lowest BCUT2D eigenvalue weighted by molar-refractivity contribution is -0.118. The molecule has 6 heteroatoms. The molecule has 0 aromatic heterocycles. The lowest BCUT2D eigenvalue weighted by atomic mass is 9.80. The largest absolute Gasteiger partial charge is 0.511 e. The van der Waals surface area contributed by atoms with Crippen molar-refractivity contribution in [3.63, 3.8) is 0 Å². The first-order chi connectivity index (χ1) is 14.0. The molecule has 2 fully saturated rings. The highest BCUT2D eigenvalue weighted by atomic mass is 35.5. The number of hydrogen-bond acceptors (Lipinski definition) is 4. The molecular formula is C23H20ClFO4. The number of hydrogen-bond donors (Lipinski definition) is 1. The number of ketones is 1. The summed E-state index contributed by atoms with van der Waals surface area (Å²) in [6.07, 6.45) is 2.29. The first-order valence-corrected chi connectivity index (χ1v) is 10.2. The second kappa shape index (κ2) is 6.85. The van der Waals surface area contributed by atoms with Crippen LogP contribution in [0.2, 0.25) is 5.02 Å². The van der Waals surface area contributed by atoms with Crippen LogP contribution in [-0.2, 0) is 16.0 Å². The molecular weight excluding hydrogens is 395 g/mol. The maximum absolute atomic E-state index is 13.4. The Morgan fingerprint density at radius 3 is 2.52 bits per heavy atom. The van der Waals surface area contributed by atoms with Crippen molar-refractivity contribution in [1.82, 2.24) is 0 Å². The Morgan fingerprint density at radius 2 is 1.83 bits per heavy atom. The highest BCUT2D eigenvalue weighted by Crippen LogP contribution is 2.54. The number of ether oxygens (including phenoxy) is 2. The SMILES string of the molecule is CCc1ccc(Oc2ccc(F)c(Cl)c2)cc1C1=C(O)[C@H]2[C@@H](C1=O)[C@H]1CC[C@@H]2O1. The smallest absolute Gasteiger partial charge is 0.173 e. The van der Waals surface area contributed by atoms with E-state index in [2.05, 4.69) is 0 Å². The summed E-state index contributed by atoms with van der Waals surface area (Å²) in [6, 6.07) is 9.59. The first-order valence-electron chi connectivity index (χ1n) is 9.87. The lowest BCUT2D eigenvalue weighted by Crippen LogP contribution is -2.29. The fraction of sp³-hybridized carbons (Fsp3) is 0.348. The fourth-order valence-corrected chi connectivity index (χ4v) is 5.10. The van der Waals surface area contributed by atoms with Crippen LogP contribution in [0.25, 0.3) is 5.57 Å². The van der Waals surface area contributed by atoms with Crippen LogP contribution in [0.4, 0.5) is 4.39 Å². The van der Waals surface area contributed by atoms with E-state index in [9.17, 15) is 14.3 Å². The molecule has 0 spiro atoms. The average molecular weight is 415 g/mol. The standard InChI is InChI=1S/C23H20ClFO4/c1-2-11-3-4-12(28-13-5-6-16(25)15(24)10-13)9-14(11)19-22(26)20-17-7-8-18(29-17)21(20)23(19)27/h3-6,9-10,17-18,20-21,26H,2,7-8H2,1H3/t17-,18+,20+,21-/m0/s1. The Hall–Kier alpha value is -2.37. The van der Waals surface area contributed by atoms with Crippen LogP contribution in [0.5, 0.6) is 11.5 Å². The van der Waals surface area contributed by atoms with Gasteiger partial charge in [-0.15, -0.1) is 0 Å². The van der Waals surface area contributed by atoms with Gasteiger partial charge in [-0.25, -0.2) is 4.39 Å². The third-order valence-electron chi connectivity index (χ3n) is 6.25. The van der Waals surface area contributed by atoms with Gasteiger partial charge in [0.05, 0.1) is 34.6 Å². The second-order valence-electron chi connectivity index (χ2n) is 7.82. The summed E-state index contributed by atoms with van der Waals surface area (Å²) in [7, 11) is 0. The monoisotopic (exact) mass is 414 g/mol. The van der Waals surface area contributed by atoms with E-state index in [-0.39, 0.29) is 40.6 Å². The van der Waals surface area contributed by atoms with Crippen LogP contribution in [0, 0.1) is 17.7 Å². The van der Waals surface area contributed by atoms with Crippen molar-refractivity contribution >= 4 is 23.0 Å². The molecule has 2 aromatic carbocycles. The molecule has 1 aliphatic carbocycles. The van der Waals surface area contributed by atoms with E-state index in [4.69, 9.17) is 21.1 Å². The van der Waals surface area contributed by atoms with Crippen LogP contribution < -0.4 is 4.74 Å². The maximum atomic E-state index is 13.4. The van der Waals surface area contributed by atoms with E-state index in [1.165, 1.54) is 18.2 Å². The Morgan fingerprint density at radius 1 is 1.14 bits per heavy atom. The Balaban J connectivity index is 1.53. The van der Waals surface area contributed by atoms with Crippen molar-refractivity contribution in [2.45, 2.75) is 38.4 Å². The van der Waals surface area contributed by atoms with Crippen LogP contribution in [0.15, 0.2) is 42.2 Å². The molecule has 5 rings (SSSR count). The van der Waals surface area contributed by atoms with Gasteiger partial charge in [0, 0.05) is 6.07 Å². The highest BCUT2D eigenvalue weighted by Gasteiger charge is 2.59. The zero-order valence-electron chi connectivity index (χ0n) is 15.8. The number of allylic oxidation sites excluding steroid dienone is 1. The van der Waals surface area contributed by atoms with Gasteiger partial charge in [0.2, 0.25) is 0 Å². The normalized spacial score (nSPS) is 27.6. The van der Waals surface area contributed by atoms with E-state index in [0.29, 0.717) is 29.1 Å². The van der Waals surface area contributed by atoms with Crippen LogP contribution in [0.3, 0.4) is 0 Å². The van der Waals surface area contributed by atoms with Crippen molar-refractivity contribution in [1.29, 1.82) is 0 Å². The van der Waals surface area contributed by atoms with Gasteiger partial charge >= 0.3 is 0 Å². The van der Waals surface area contributed by atoms with E-state index in [0.717, 1.165) is 18.4 Å². The van der Waals surface area contributed by atoms with Gasteiger partial charge in [-0.05, 0) is 54.7 Å². The fourth-order valence-electron chi connectivity index (χ4n) is 4.92. The Kier molecular flexibility index (Phi) is 4.41. The minimum absolute atomic E-state index is 0.0254. The van der Waals surface area contributed by atoms with Crippen molar-refractivity contribution in [2.75, 3.05) is 0 Å². The average Bonchev–Trinajstić information content (AvgIpc) is 3.39. The van der Waals surface area contributed by atoms with Gasteiger partial charge in [-0.1, -0.05) is 24.6 Å². The van der Waals surface area contributed by atoms with Gasteiger partial charge < -0.3 is 14.6 Å². The second-order valence-corrected chi connectivity index (χ2v) is 8.22. The molecule has 2 heterocycles. The molecule has 29 heavy (non-hydrogen) atoms. The predicted molar refractivity (Wildman–Crippen MR) is 107 cm³/mol. The molecule has 2 aliphatic heterocycles. The molecule has 2 bridgehead atoms. The number of aliphatic hydroxyl groups excluding tert-OH is 1. The quantitative estimate of drug-likeness (QED) is 0.719. The molecule has 150 valence electrons. The van der Waals surface area contributed by atoms with Crippen molar-refractivity contribution < 1.29 is 23.8 Å². The highest BCUT2D eigenvalue weighted by molar-refractivity contribution is 6.30. The third kappa shape index (κ3) is 2.87. The van der Waals surface area contributed by atoms with Crippen LogP contribution in [0.1, 0.15) is 30.9 Å². The van der Waals surface area contributed by atoms with Crippen molar-refractivity contribution in [3.8, 4) is 11.5 Å². The van der Waals surface area contributed by atoms with Gasteiger partial charge in [0.15, 0.2) is 5.78 Å². The number of carbonyl (C=O) groups excluding carboxylic acids is 1. The Labute approximate surface area is 172 Å². The molecule has 2 aromatic rings. The van der Waals surface area contributed by atoms with Crippen LogP contribution >= 0.6 is 11.6 Å². The summed E-state index contributed by atoms with van der Waals surface area (Å²) in [5.41, 5.74) is 2.03. The number of Topliss-reactive ketones (excluding diaryl/α,β-unsaturated/α-hetero) is 1. The number of aliphatic hydroxyl groups is 1. The molecule has 0 unspecified atom stereocenters. The van der Waals surface area contributed by atoms with Crippen molar-refractivity contribution in [2.24, 2.45) is 11.8 Å². The first kappa shape index (κ1) is 18.6. The number of carbonyl (C=O) groups is 1. The van der Waals surface area contributed by atoms with Gasteiger partial charge in [-0.2, -0.15) is 0 Å². The zero-order valence-corrected chi connectivity index (χ0v) is 16.6. The summed E-state index contributed by atoms with van der Waals surface area (Å²) >= 11 is 5.84. The minimum Gasteiger partial charge on any atom is -0.511 e. The molecule has 4 nitrogen and oxygen atoms in total. The lowest BCUT2D eigenvalue weighted by Gasteiger charge is -2.19. The van der Waals surface area contributed by atoms with Gasteiger partial charge in [-0.3, -0.25) is 4.79 Å². The zero-order chi connectivity index (χ0) is 20.3. The predicted octanol–water partition coefficient (Wildman–Crippen LogP) is 5.48. The Bertz CT molecular complexity index is 1050. The summed E-state index contributed by atoms with van der Waals surface area (Å²) in [4.78, 5) is 13.2. The van der Waals surface area contributed by atoms with E-state index < -0.39 is 5.82 Å². The summed E-state index contributed by atoms with van der Waals surface area (Å²) in [6.45, 7) is 2.00. The van der Waals surface area contributed by atoms with E-state index >= 15 is 0 Å². The summed E-state index contributed by atoms with van der Waals surface area (Å²) in [5.74, 6) is -0.0539. The maximum Gasteiger partial charge on any atom is 0.173 e. The third-order valence-corrected chi connectivity index (χ3v) is 6.54. The number of halogens is 2. The van der Waals surface area contributed by atoms with E-state index in [1.54, 1.807) is 12.1 Å².